The van der Waals surface area contributed by atoms with Crippen molar-refractivity contribution in [3.8, 4) is 0 Å². The second-order valence-electron chi connectivity index (χ2n) is 4.94. The van der Waals surface area contributed by atoms with Crippen molar-refractivity contribution in [2.24, 2.45) is 23.7 Å². The average Bonchev–Trinajstić information content (AvgIpc) is 2.88. The van der Waals surface area contributed by atoms with E-state index >= 15 is 0 Å². The standard InChI is InChI=1S/C13H20O4/c1-3-16-12(14)10-6-9-5-8(10)7-11(9)13(15)17-4-2/h8-11H,3-7H2,1-2H3. The van der Waals surface area contributed by atoms with Crippen molar-refractivity contribution in [1.82, 2.24) is 0 Å². The van der Waals surface area contributed by atoms with Gasteiger partial charge in [-0.05, 0) is 44.9 Å². The van der Waals surface area contributed by atoms with Crippen LogP contribution in [0.2, 0.25) is 0 Å². The zero-order valence-electron chi connectivity index (χ0n) is 10.5. The molecular weight excluding hydrogens is 220 g/mol. The molecule has 0 aromatic rings. The van der Waals surface area contributed by atoms with Crippen LogP contribution in [-0.4, -0.2) is 25.2 Å². The van der Waals surface area contributed by atoms with E-state index in [0.717, 1.165) is 19.3 Å². The third-order valence-corrected chi connectivity index (χ3v) is 4.04. The molecule has 4 nitrogen and oxygen atoms in total. The molecule has 2 rings (SSSR count). The second kappa shape index (κ2) is 5.07. The van der Waals surface area contributed by atoms with Gasteiger partial charge in [0.1, 0.15) is 0 Å². The predicted molar refractivity (Wildman–Crippen MR) is 61.1 cm³/mol. The highest BCUT2D eigenvalue weighted by Crippen LogP contribution is 2.52. The van der Waals surface area contributed by atoms with Gasteiger partial charge in [0, 0.05) is 0 Å². The summed E-state index contributed by atoms with van der Waals surface area (Å²) in [5.41, 5.74) is 0. The van der Waals surface area contributed by atoms with Gasteiger partial charge in [0.2, 0.25) is 0 Å². The molecule has 0 aromatic heterocycles. The van der Waals surface area contributed by atoms with Crippen LogP contribution in [0.1, 0.15) is 33.1 Å². The molecule has 0 heterocycles. The van der Waals surface area contributed by atoms with E-state index in [4.69, 9.17) is 9.47 Å². The molecule has 2 fully saturated rings. The van der Waals surface area contributed by atoms with Crippen molar-refractivity contribution in [3.63, 3.8) is 0 Å². The van der Waals surface area contributed by atoms with Crippen LogP contribution in [0.3, 0.4) is 0 Å². The van der Waals surface area contributed by atoms with E-state index in [9.17, 15) is 9.59 Å². The minimum Gasteiger partial charge on any atom is -0.466 e. The van der Waals surface area contributed by atoms with Crippen LogP contribution in [0.4, 0.5) is 0 Å². The molecule has 4 atom stereocenters. The maximum absolute atomic E-state index is 11.7. The van der Waals surface area contributed by atoms with Crippen LogP contribution >= 0.6 is 0 Å². The molecule has 2 saturated carbocycles. The van der Waals surface area contributed by atoms with Gasteiger partial charge in [-0.25, -0.2) is 0 Å². The predicted octanol–water partition coefficient (Wildman–Crippen LogP) is 1.77. The van der Waals surface area contributed by atoms with Gasteiger partial charge >= 0.3 is 11.9 Å². The Labute approximate surface area is 102 Å². The number of carbonyl (C=O) groups is 2. The minimum absolute atomic E-state index is 0.0191. The monoisotopic (exact) mass is 240 g/mol. The molecule has 0 spiro atoms. The average molecular weight is 240 g/mol. The summed E-state index contributed by atoms with van der Waals surface area (Å²) in [6.45, 7) is 4.53. The van der Waals surface area contributed by atoms with E-state index in [2.05, 4.69) is 0 Å². The second-order valence-corrected chi connectivity index (χ2v) is 4.94. The van der Waals surface area contributed by atoms with Gasteiger partial charge in [-0.2, -0.15) is 0 Å². The van der Waals surface area contributed by atoms with E-state index < -0.39 is 0 Å². The quantitative estimate of drug-likeness (QED) is 0.703. The van der Waals surface area contributed by atoms with Crippen LogP contribution in [0.25, 0.3) is 0 Å². The Morgan fingerprint density at radius 2 is 1.29 bits per heavy atom. The van der Waals surface area contributed by atoms with Gasteiger partial charge in [-0.15, -0.1) is 0 Å². The van der Waals surface area contributed by atoms with Crippen LogP contribution in [-0.2, 0) is 19.1 Å². The maximum atomic E-state index is 11.7. The molecule has 2 aliphatic rings. The number of hydrogen-bond acceptors (Lipinski definition) is 4. The van der Waals surface area contributed by atoms with Crippen LogP contribution in [0.15, 0.2) is 0 Å². The summed E-state index contributed by atoms with van der Waals surface area (Å²) in [6, 6.07) is 0. The molecule has 4 heteroatoms. The molecule has 0 aromatic carbocycles. The van der Waals surface area contributed by atoms with Crippen molar-refractivity contribution >= 4 is 11.9 Å². The number of esters is 2. The fourth-order valence-corrected chi connectivity index (χ4v) is 3.35. The minimum atomic E-state index is -0.0812. The Balaban J connectivity index is 1.91. The summed E-state index contributed by atoms with van der Waals surface area (Å²) in [5, 5.41) is 0. The molecule has 2 bridgehead atoms. The van der Waals surface area contributed by atoms with Gasteiger partial charge < -0.3 is 9.47 Å². The Kier molecular flexibility index (Phi) is 3.69. The summed E-state index contributed by atoms with van der Waals surface area (Å²) in [6.07, 6.45) is 2.58. The topological polar surface area (TPSA) is 52.6 Å². The van der Waals surface area contributed by atoms with Gasteiger partial charge in [0.15, 0.2) is 0 Å². The zero-order chi connectivity index (χ0) is 12.4. The van der Waals surface area contributed by atoms with Crippen molar-refractivity contribution in [2.75, 3.05) is 13.2 Å². The highest BCUT2D eigenvalue weighted by Gasteiger charge is 2.51. The summed E-state index contributed by atoms with van der Waals surface area (Å²) in [7, 11) is 0. The largest absolute Gasteiger partial charge is 0.466 e. The first kappa shape index (κ1) is 12.4. The van der Waals surface area contributed by atoms with Crippen molar-refractivity contribution < 1.29 is 19.1 Å². The van der Waals surface area contributed by atoms with Gasteiger partial charge in [0.05, 0.1) is 25.0 Å². The third kappa shape index (κ3) is 2.31. The lowest BCUT2D eigenvalue weighted by molar-refractivity contribution is -0.155. The summed E-state index contributed by atoms with van der Waals surface area (Å²) in [4.78, 5) is 23.4. The molecule has 17 heavy (non-hydrogen) atoms. The van der Waals surface area contributed by atoms with E-state index in [0.29, 0.717) is 25.0 Å². The smallest absolute Gasteiger partial charge is 0.309 e. The first-order chi connectivity index (χ1) is 8.17. The molecule has 0 N–H and O–H groups in total. The molecule has 96 valence electrons. The molecule has 0 radical (unpaired) electrons. The summed E-state index contributed by atoms with van der Waals surface area (Å²) in [5.74, 6) is 0.530. The fraction of sp³-hybridized carbons (Fsp3) is 0.846. The molecule has 4 unspecified atom stereocenters. The number of fused-ring (bicyclic) bond motifs is 2. The van der Waals surface area contributed by atoms with Crippen molar-refractivity contribution in [1.29, 1.82) is 0 Å². The Morgan fingerprint density at radius 3 is 1.59 bits per heavy atom. The molecule has 0 aliphatic heterocycles. The highest BCUT2D eigenvalue weighted by atomic mass is 16.5. The van der Waals surface area contributed by atoms with E-state index in [-0.39, 0.29) is 23.8 Å². The Bertz CT molecular complexity index is 283. The van der Waals surface area contributed by atoms with Crippen molar-refractivity contribution in [2.45, 2.75) is 33.1 Å². The highest BCUT2D eigenvalue weighted by molar-refractivity contribution is 5.77. The van der Waals surface area contributed by atoms with E-state index in [1.165, 1.54) is 0 Å². The van der Waals surface area contributed by atoms with Crippen LogP contribution in [0, 0.1) is 23.7 Å². The van der Waals surface area contributed by atoms with Crippen LogP contribution < -0.4 is 0 Å². The number of hydrogen-bond donors (Lipinski definition) is 0. The Hall–Kier alpha value is -1.06. The fourth-order valence-electron chi connectivity index (χ4n) is 3.35. The molecular formula is C13H20O4. The number of ether oxygens (including phenoxy) is 2. The first-order valence-electron chi connectivity index (χ1n) is 6.50. The SMILES string of the molecule is CCOC(=O)C1CC2CC1CC2C(=O)OCC. The number of rotatable bonds is 4. The Morgan fingerprint density at radius 1 is 0.882 bits per heavy atom. The summed E-state index contributed by atoms with van der Waals surface area (Å²) < 4.78 is 10.1. The lowest BCUT2D eigenvalue weighted by Gasteiger charge is -2.25. The first-order valence-corrected chi connectivity index (χ1v) is 6.50. The van der Waals surface area contributed by atoms with Gasteiger partial charge in [-0.3, -0.25) is 9.59 Å². The molecule has 0 amide bonds. The third-order valence-electron chi connectivity index (χ3n) is 4.04. The molecule has 0 saturated heterocycles. The van der Waals surface area contributed by atoms with Crippen molar-refractivity contribution in [3.05, 3.63) is 0 Å². The zero-order valence-corrected chi connectivity index (χ0v) is 10.5. The lowest BCUT2D eigenvalue weighted by Crippen LogP contribution is -2.30. The molecule has 2 aliphatic carbocycles. The number of carbonyl (C=O) groups excluding carboxylic acids is 2. The van der Waals surface area contributed by atoms with Crippen LogP contribution in [0.5, 0.6) is 0 Å². The normalized spacial score (nSPS) is 34.7. The summed E-state index contributed by atoms with van der Waals surface area (Å²) >= 11 is 0. The lowest BCUT2D eigenvalue weighted by atomic mass is 9.82. The van der Waals surface area contributed by atoms with E-state index in [1.54, 1.807) is 0 Å². The van der Waals surface area contributed by atoms with Gasteiger partial charge in [-0.1, -0.05) is 0 Å². The maximum Gasteiger partial charge on any atom is 0.309 e. The van der Waals surface area contributed by atoms with E-state index in [1.807, 2.05) is 13.8 Å². The van der Waals surface area contributed by atoms with Gasteiger partial charge in [0.25, 0.3) is 0 Å².